The summed E-state index contributed by atoms with van der Waals surface area (Å²) in [5.41, 5.74) is 2.23. The smallest absolute Gasteiger partial charge is 0.231 e. The van der Waals surface area contributed by atoms with Crippen molar-refractivity contribution in [1.82, 2.24) is 4.90 Å². The Morgan fingerprint density at radius 2 is 1.83 bits per heavy atom. The van der Waals surface area contributed by atoms with Crippen LogP contribution >= 0.6 is 11.3 Å². The monoisotopic (exact) mass is 411 g/mol. The minimum Gasteiger partial charge on any atom is -0.454 e. The molecule has 0 fully saturated rings. The molecule has 3 aromatic rings. The maximum atomic E-state index is 10.6. The fourth-order valence-corrected chi connectivity index (χ4v) is 4.09. The number of benzene rings is 2. The lowest BCUT2D eigenvalue weighted by atomic mass is 10.1. The fraction of sp³-hybridized carbons (Fsp3) is 0.304. The van der Waals surface area contributed by atoms with Gasteiger partial charge in [-0.25, -0.2) is 0 Å². The van der Waals surface area contributed by atoms with Crippen LogP contribution in [0.15, 0.2) is 66.0 Å². The molecule has 1 aliphatic rings. The number of fused-ring (bicyclic) bond motifs is 1. The third-order valence-electron chi connectivity index (χ3n) is 4.69. The first-order valence-corrected chi connectivity index (χ1v) is 10.6. The average Bonchev–Trinajstić information content (AvgIpc) is 3.40. The van der Waals surface area contributed by atoms with Gasteiger partial charge in [0, 0.05) is 24.5 Å². The lowest BCUT2D eigenvalue weighted by Gasteiger charge is -2.25. The molecule has 0 spiro atoms. The van der Waals surface area contributed by atoms with Gasteiger partial charge in [-0.05, 0) is 34.7 Å². The van der Waals surface area contributed by atoms with E-state index in [1.807, 2.05) is 48.5 Å². The van der Waals surface area contributed by atoms with Crippen LogP contribution < -0.4 is 9.47 Å². The van der Waals surface area contributed by atoms with Crippen LogP contribution in [0.25, 0.3) is 0 Å². The predicted molar refractivity (Wildman–Crippen MR) is 113 cm³/mol. The van der Waals surface area contributed by atoms with Gasteiger partial charge in [0.15, 0.2) is 11.5 Å². The van der Waals surface area contributed by atoms with Crippen LogP contribution in [0.2, 0.25) is 0 Å². The SMILES string of the molecule is OC(COCc1ccccc1)CN(Cc1ccc2c(c1)OCO2)Cc1cccs1. The maximum absolute atomic E-state index is 10.6. The first-order chi connectivity index (χ1) is 14.3. The Labute approximate surface area is 175 Å². The third-order valence-corrected chi connectivity index (χ3v) is 5.55. The largest absolute Gasteiger partial charge is 0.454 e. The highest BCUT2D eigenvalue weighted by Gasteiger charge is 2.17. The summed E-state index contributed by atoms with van der Waals surface area (Å²) in [6.45, 7) is 3.10. The number of aliphatic hydroxyl groups is 1. The second-order valence-electron chi connectivity index (χ2n) is 7.09. The molecular weight excluding hydrogens is 386 g/mol. The molecule has 0 radical (unpaired) electrons. The molecule has 0 amide bonds. The molecule has 1 aliphatic heterocycles. The molecule has 1 atom stereocenters. The lowest BCUT2D eigenvalue weighted by Crippen LogP contribution is -2.34. The van der Waals surface area contributed by atoms with Gasteiger partial charge in [0.25, 0.3) is 0 Å². The summed E-state index contributed by atoms with van der Waals surface area (Å²) >= 11 is 1.72. The van der Waals surface area contributed by atoms with Crippen molar-refractivity contribution in [2.75, 3.05) is 19.9 Å². The van der Waals surface area contributed by atoms with Crippen LogP contribution in [0.5, 0.6) is 11.5 Å². The standard InChI is InChI=1S/C23H25NO4S/c25-20(16-26-15-18-5-2-1-3-6-18)13-24(14-21-7-4-10-29-21)12-19-8-9-22-23(11-19)28-17-27-22/h1-11,20,25H,12-17H2. The van der Waals surface area contributed by atoms with Gasteiger partial charge >= 0.3 is 0 Å². The average molecular weight is 412 g/mol. The number of hydrogen-bond acceptors (Lipinski definition) is 6. The second-order valence-corrected chi connectivity index (χ2v) is 8.12. The molecule has 29 heavy (non-hydrogen) atoms. The van der Waals surface area contributed by atoms with Crippen LogP contribution in [-0.4, -0.2) is 36.1 Å². The van der Waals surface area contributed by atoms with Crippen molar-refractivity contribution in [3.63, 3.8) is 0 Å². The van der Waals surface area contributed by atoms with Gasteiger partial charge in [-0.2, -0.15) is 0 Å². The van der Waals surface area contributed by atoms with Gasteiger partial charge in [-0.1, -0.05) is 42.5 Å². The Morgan fingerprint density at radius 3 is 2.66 bits per heavy atom. The first kappa shape index (κ1) is 19.9. The van der Waals surface area contributed by atoms with E-state index in [0.29, 0.717) is 26.3 Å². The molecular formula is C23H25NO4S. The van der Waals surface area contributed by atoms with Crippen molar-refractivity contribution in [3.05, 3.63) is 82.0 Å². The Kier molecular flexibility index (Phi) is 6.79. The van der Waals surface area contributed by atoms with E-state index in [0.717, 1.165) is 29.2 Å². The molecule has 2 aromatic carbocycles. The van der Waals surface area contributed by atoms with E-state index in [1.165, 1.54) is 4.88 Å². The normalized spacial score (nSPS) is 13.7. The van der Waals surface area contributed by atoms with Crippen LogP contribution in [0.4, 0.5) is 0 Å². The molecule has 0 saturated heterocycles. The Morgan fingerprint density at radius 1 is 0.966 bits per heavy atom. The molecule has 4 rings (SSSR count). The zero-order chi connectivity index (χ0) is 19.9. The zero-order valence-electron chi connectivity index (χ0n) is 16.2. The number of rotatable bonds is 10. The van der Waals surface area contributed by atoms with Crippen molar-refractivity contribution < 1.29 is 19.3 Å². The highest BCUT2D eigenvalue weighted by molar-refractivity contribution is 7.09. The van der Waals surface area contributed by atoms with Crippen LogP contribution in [-0.2, 0) is 24.4 Å². The zero-order valence-corrected chi connectivity index (χ0v) is 17.0. The third kappa shape index (κ3) is 5.81. The molecule has 0 saturated carbocycles. The minimum atomic E-state index is -0.562. The van der Waals surface area contributed by atoms with E-state index in [1.54, 1.807) is 11.3 Å². The maximum Gasteiger partial charge on any atom is 0.231 e. The van der Waals surface area contributed by atoms with Gasteiger partial charge < -0.3 is 19.3 Å². The number of hydrogen-bond donors (Lipinski definition) is 1. The molecule has 1 N–H and O–H groups in total. The van der Waals surface area contributed by atoms with E-state index in [-0.39, 0.29) is 6.79 Å². The topological polar surface area (TPSA) is 51.2 Å². The van der Waals surface area contributed by atoms with E-state index >= 15 is 0 Å². The van der Waals surface area contributed by atoms with Crippen molar-refractivity contribution >= 4 is 11.3 Å². The number of ether oxygens (including phenoxy) is 3. The summed E-state index contributed by atoms with van der Waals surface area (Å²) in [5.74, 6) is 1.57. The van der Waals surface area contributed by atoms with Crippen molar-refractivity contribution in [3.8, 4) is 11.5 Å². The molecule has 6 heteroatoms. The van der Waals surface area contributed by atoms with Crippen LogP contribution in [0, 0.1) is 0 Å². The van der Waals surface area contributed by atoms with E-state index in [9.17, 15) is 5.11 Å². The quantitative estimate of drug-likeness (QED) is 0.545. The van der Waals surface area contributed by atoms with Gasteiger partial charge in [-0.15, -0.1) is 11.3 Å². The Hall–Kier alpha value is -2.38. The Balaban J connectivity index is 1.34. The van der Waals surface area contributed by atoms with Gasteiger partial charge in [-0.3, -0.25) is 4.90 Å². The molecule has 0 aliphatic carbocycles. The van der Waals surface area contributed by atoms with Crippen LogP contribution in [0.1, 0.15) is 16.0 Å². The highest BCUT2D eigenvalue weighted by Crippen LogP contribution is 2.33. The fourth-order valence-electron chi connectivity index (χ4n) is 3.34. The second kappa shape index (κ2) is 9.89. The summed E-state index contributed by atoms with van der Waals surface area (Å²) < 4.78 is 16.6. The highest BCUT2D eigenvalue weighted by atomic mass is 32.1. The molecule has 1 unspecified atom stereocenters. The summed E-state index contributed by atoms with van der Waals surface area (Å²) in [6, 6.07) is 20.2. The van der Waals surface area contributed by atoms with E-state index in [2.05, 4.69) is 22.4 Å². The Bertz CT molecular complexity index is 885. The summed E-state index contributed by atoms with van der Waals surface area (Å²) in [4.78, 5) is 3.50. The summed E-state index contributed by atoms with van der Waals surface area (Å²) in [7, 11) is 0. The molecule has 0 bridgehead atoms. The van der Waals surface area contributed by atoms with Crippen molar-refractivity contribution in [1.29, 1.82) is 0 Å². The molecule has 2 heterocycles. The summed E-state index contributed by atoms with van der Waals surface area (Å²) in [5, 5.41) is 12.6. The molecule has 152 valence electrons. The first-order valence-electron chi connectivity index (χ1n) is 9.69. The van der Waals surface area contributed by atoms with Crippen LogP contribution in [0.3, 0.4) is 0 Å². The van der Waals surface area contributed by atoms with Crippen molar-refractivity contribution in [2.24, 2.45) is 0 Å². The number of thiophene rings is 1. The lowest BCUT2D eigenvalue weighted by molar-refractivity contribution is 0.00728. The van der Waals surface area contributed by atoms with E-state index in [4.69, 9.17) is 14.2 Å². The molecule has 5 nitrogen and oxygen atoms in total. The molecule has 1 aromatic heterocycles. The van der Waals surface area contributed by atoms with Gasteiger partial charge in [0.05, 0.1) is 19.3 Å². The van der Waals surface area contributed by atoms with Crippen molar-refractivity contribution in [2.45, 2.75) is 25.8 Å². The number of nitrogens with zero attached hydrogens (tertiary/aromatic N) is 1. The van der Waals surface area contributed by atoms with Gasteiger partial charge in [0.2, 0.25) is 6.79 Å². The minimum absolute atomic E-state index is 0.273. The van der Waals surface area contributed by atoms with Gasteiger partial charge in [0.1, 0.15) is 0 Å². The number of aliphatic hydroxyl groups excluding tert-OH is 1. The summed E-state index contributed by atoms with van der Waals surface area (Å²) in [6.07, 6.45) is -0.562. The predicted octanol–water partition coefficient (Wildman–Crippen LogP) is 4.06. The van der Waals surface area contributed by atoms with E-state index < -0.39 is 6.10 Å².